The Morgan fingerprint density at radius 1 is 0.692 bits per heavy atom. The highest BCUT2D eigenvalue weighted by molar-refractivity contribution is 7.85. The third-order valence-corrected chi connectivity index (χ3v) is 7.76. The summed E-state index contributed by atoms with van der Waals surface area (Å²) in [6.45, 7) is 5.28. The molecule has 1 heterocycles. The third kappa shape index (κ3) is 13.8. The van der Waals surface area contributed by atoms with Gasteiger partial charge in [0.1, 0.15) is 10.1 Å². The zero-order chi connectivity index (χ0) is 28.5. The van der Waals surface area contributed by atoms with Crippen LogP contribution in [0.1, 0.15) is 87.8 Å². The molecule has 214 valence electrons. The minimum absolute atomic E-state index is 0.140. The van der Waals surface area contributed by atoms with Gasteiger partial charge in [0, 0.05) is 37.5 Å². The van der Waals surface area contributed by atoms with E-state index in [1.54, 1.807) is 12.1 Å². The molecule has 0 aliphatic carbocycles. The van der Waals surface area contributed by atoms with Gasteiger partial charge in [-0.1, -0.05) is 107 Å². The zero-order valence-electron chi connectivity index (χ0n) is 24.4. The zero-order valence-corrected chi connectivity index (χ0v) is 25.3. The molecule has 6 heteroatoms. The van der Waals surface area contributed by atoms with Crippen LogP contribution in [-0.4, -0.2) is 27.1 Å². The second-order valence-corrected chi connectivity index (χ2v) is 12.0. The summed E-state index contributed by atoms with van der Waals surface area (Å²) in [4.78, 5) is 1.97. The van der Waals surface area contributed by atoms with Crippen LogP contribution in [0.4, 0.5) is 5.69 Å². The number of pyridine rings is 1. The maximum Gasteiger partial charge on any atom is 0.173 e. The van der Waals surface area contributed by atoms with Crippen LogP contribution in [0.5, 0.6) is 0 Å². The van der Waals surface area contributed by atoms with Crippen molar-refractivity contribution in [1.29, 1.82) is 0 Å². The molecule has 0 N–H and O–H groups in total. The van der Waals surface area contributed by atoms with Gasteiger partial charge in [0.2, 0.25) is 0 Å². The molecule has 5 nitrogen and oxygen atoms in total. The molecule has 0 atom stereocenters. The molecule has 0 unspecified atom stereocenters. The molecule has 2 aromatic carbocycles. The molecule has 0 amide bonds. The molecule has 0 saturated carbocycles. The molecule has 3 aromatic rings. The first-order chi connectivity index (χ1) is 18.7. The Labute approximate surface area is 237 Å². The van der Waals surface area contributed by atoms with Gasteiger partial charge >= 0.3 is 0 Å². The smallest absolute Gasteiger partial charge is 0.173 e. The first-order valence-electron chi connectivity index (χ1n) is 14.5. The van der Waals surface area contributed by atoms with Crippen LogP contribution in [-0.2, 0) is 23.1 Å². The van der Waals surface area contributed by atoms with Gasteiger partial charge in [-0.15, -0.1) is 0 Å². The van der Waals surface area contributed by atoms with Gasteiger partial charge in [0.15, 0.2) is 18.9 Å². The second-order valence-electron chi connectivity index (χ2n) is 10.6. The van der Waals surface area contributed by atoms with Crippen molar-refractivity contribution in [2.75, 3.05) is 19.0 Å². The Morgan fingerprint density at radius 3 is 1.67 bits per heavy atom. The van der Waals surface area contributed by atoms with Gasteiger partial charge in [0.05, 0.1) is 4.90 Å². The van der Waals surface area contributed by atoms with E-state index in [-0.39, 0.29) is 4.90 Å². The van der Waals surface area contributed by atoms with E-state index in [9.17, 15) is 13.0 Å². The van der Waals surface area contributed by atoms with Crippen molar-refractivity contribution in [3.63, 3.8) is 0 Å². The summed E-state index contributed by atoms with van der Waals surface area (Å²) in [7, 11) is -0.203. The Hall–Kier alpha value is -2.70. The summed E-state index contributed by atoms with van der Waals surface area (Å²) in [5.74, 6) is 0. The van der Waals surface area contributed by atoms with E-state index in [1.807, 2.05) is 0 Å². The average Bonchev–Trinajstić information content (AvgIpc) is 2.91. The number of unbranched alkanes of at least 4 members (excludes halogenated alkanes) is 9. The Morgan fingerprint density at radius 2 is 1.18 bits per heavy atom. The van der Waals surface area contributed by atoms with Crippen molar-refractivity contribution in [2.24, 2.45) is 0 Å². The maximum atomic E-state index is 10.8. The molecule has 0 saturated heterocycles. The van der Waals surface area contributed by atoms with Crippen LogP contribution in [0.15, 0.2) is 78.0 Å². The first-order valence-corrected chi connectivity index (χ1v) is 15.9. The van der Waals surface area contributed by atoms with Crippen LogP contribution in [0.25, 0.3) is 0 Å². The Kier molecular flexibility index (Phi) is 14.8. The van der Waals surface area contributed by atoms with Crippen LogP contribution in [0, 0.1) is 6.92 Å². The summed E-state index contributed by atoms with van der Waals surface area (Å²) >= 11 is 0. The average molecular weight is 553 g/mol. The summed E-state index contributed by atoms with van der Waals surface area (Å²) in [5, 5.41) is 0. The predicted octanol–water partition coefficient (Wildman–Crippen LogP) is 7.45. The third-order valence-electron chi connectivity index (χ3n) is 6.91. The number of aryl methyl sites for hydroxylation is 2. The van der Waals surface area contributed by atoms with Gasteiger partial charge in [-0.2, -0.15) is 0 Å². The van der Waals surface area contributed by atoms with Crippen molar-refractivity contribution in [1.82, 2.24) is 0 Å². The topological polar surface area (TPSA) is 64.3 Å². The van der Waals surface area contributed by atoms with Gasteiger partial charge in [-0.25, -0.2) is 13.0 Å². The fourth-order valence-electron chi connectivity index (χ4n) is 4.40. The van der Waals surface area contributed by atoms with Crippen LogP contribution in [0.2, 0.25) is 0 Å². The SMILES string of the molecule is CCCCCCCCCCCCc1ccc(S(=O)(=O)[O-])cc1.Cc1ccc(C[n+]2ccc(N(C)C)cc2)cc1. The van der Waals surface area contributed by atoms with Crippen molar-refractivity contribution in [3.8, 4) is 0 Å². The number of anilines is 1. The summed E-state index contributed by atoms with van der Waals surface area (Å²) in [5.41, 5.74) is 4.97. The summed E-state index contributed by atoms with van der Waals surface area (Å²) in [6.07, 6.45) is 18.3. The van der Waals surface area contributed by atoms with E-state index in [4.69, 9.17) is 0 Å². The highest BCUT2D eigenvalue weighted by atomic mass is 32.2. The molecule has 0 aliphatic rings. The number of aromatic nitrogens is 1. The molecule has 3 rings (SSSR count). The Balaban J connectivity index is 0.000000282. The summed E-state index contributed by atoms with van der Waals surface area (Å²) < 4.78 is 34.7. The fraction of sp³-hybridized carbons (Fsp3) is 0.485. The fourth-order valence-corrected chi connectivity index (χ4v) is 4.87. The first kappa shape index (κ1) is 32.5. The van der Waals surface area contributed by atoms with Gasteiger partial charge in [0.25, 0.3) is 0 Å². The summed E-state index contributed by atoms with van der Waals surface area (Å²) in [6, 6.07) is 19.3. The van der Waals surface area contributed by atoms with Crippen molar-refractivity contribution >= 4 is 15.8 Å². The molecule has 0 bridgehead atoms. The van der Waals surface area contributed by atoms with E-state index in [0.29, 0.717) is 0 Å². The molecular weight excluding hydrogens is 504 g/mol. The quantitative estimate of drug-likeness (QED) is 0.112. The van der Waals surface area contributed by atoms with E-state index in [0.717, 1.165) is 24.9 Å². The maximum absolute atomic E-state index is 10.8. The minimum Gasteiger partial charge on any atom is -0.744 e. The van der Waals surface area contributed by atoms with Crippen LogP contribution in [0.3, 0.4) is 0 Å². The second kappa shape index (κ2) is 17.8. The number of hydrogen-bond acceptors (Lipinski definition) is 4. The number of rotatable bonds is 15. The lowest BCUT2D eigenvalue weighted by Crippen LogP contribution is -2.33. The lowest BCUT2D eigenvalue weighted by Gasteiger charge is -2.10. The molecule has 1 aromatic heterocycles. The van der Waals surface area contributed by atoms with Gasteiger partial charge in [-0.3, -0.25) is 0 Å². The van der Waals surface area contributed by atoms with Crippen LogP contribution < -0.4 is 9.47 Å². The predicted molar refractivity (Wildman–Crippen MR) is 161 cm³/mol. The molecule has 0 radical (unpaired) electrons. The number of nitrogens with zero attached hydrogens (tertiary/aromatic N) is 2. The minimum atomic E-state index is -4.31. The molecular formula is C33H48N2O3S. The van der Waals surface area contributed by atoms with Crippen molar-refractivity contribution in [2.45, 2.75) is 95.9 Å². The molecule has 39 heavy (non-hydrogen) atoms. The monoisotopic (exact) mass is 552 g/mol. The van der Waals surface area contributed by atoms with E-state index < -0.39 is 10.1 Å². The molecule has 0 spiro atoms. The lowest BCUT2D eigenvalue weighted by atomic mass is 10.0. The lowest BCUT2D eigenvalue weighted by molar-refractivity contribution is -0.688. The van der Waals surface area contributed by atoms with E-state index in [1.165, 1.54) is 86.7 Å². The highest BCUT2D eigenvalue weighted by Crippen LogP contribution is 2.15. The van der Waals surface area contributed by atoms with Gasteiger partial charge < -0.3 is 9.45 Å². The van der Waals surface area contributed by atoms with Crippen molar-refractivity contribution in [3.05, 3.63) is 89.7 Å². The molecule has 0 fully saturated rings. The van der Waals surface area contributed by atoms with E-state index in [2.05, 4.69) is 86.2 Å². The number of benzene rings is 2. The van der Waals surface area contributed by atoms with Crippen molar-refractivity contribution < 1.29 is 17.5 Å². The normalized spacial score (nSPS) is 11.1. The molecule has 0 aliphatic heterocycles. The Bertz CT molecular complexity index is 1160. The van der Waals surface area contributed by atoms with Gasteiger partial charge in [-0.05, 0) is 37.5 Å². The largest absolute Gasteiger partial charge is 0.744 e. The standard InChI is InChI=1S/C18H30O3S.C15H19N2/c1-2-3-4-5-6-7-8-9-10-11-12-17-13-15-18(16-14-17)22(19,20)21;1-13-4-6-14(7-5-13)12-17-10-8-15(9-11-17)16(2)3/h13-16H,2-12H2,1H3,(H,19,20,21);4-11H,12H2,1-3H3/q;+1/p-1. The van der Waals surface area contributed by atoms with Crippen LogP contribution >= 0.6 is 0 Å². The number of hydrogen-bond donors (Lipinski definition) is 0. The highest BCUT2D eigenvalue weighted by Gasteiger charge is 2.04. The van der Waals surface area contributed by atoms with E-state index >= 15 is 0 Å².